The first kappa shape index (κ1) is 29.0. The second kappa shape index (κ2) is 11.5. The van der Waals surface area contributed by atoms with Crippen LogP contribution in [0.1, 0.15) is 18.7 Å². The fourth-order valence-corrected chi connectivity index (χ4v) is 15.8. The molecule has 5 fully saturated rings. The molecule has 0 spiro atoms. The van der Waals surface area contributed by atoms with Gasteiger partial charge >= 0.3 is 0 Å². The second-order valence-corrected chi connectivity index (χ2v) is 18.3. The number of rotatable bonds is 4. The van der Waals surface area contributed by atoms with E-state index in [2.05, 4.69) is 36.4 Å². The zero-order chi connectivity index (χ0) is 28.7. The average molecular weight is 685 g/mol. The van der Waals surface area contributed by atoms with Crippen LogP contribution in [-0.4, -0.2) is 115 Å². The van der Waals surface area contributed by atoms with Crippen molar-refractivity contribution < 1.29 is 37.9 Å². The molecule has 234 valence electrons. The van der Waals surface area contributed by atoms with Crippen LogP contribution >= 0.6 is 58.4 Å². The molecule has 5 saturated heterocycles. The van der Waals surface area contributed by atoms with Gasteiger partial charge in [-0.3, -0.25) is 0 Å². The Hall–Kier alpha value is -0.220. The van der Waals surface area contributed by atoms with E-state index >= 15 is 0 Å². The molecule has 0 radical (unpaired) electrons. The van der Waals surface area contributed by atoms with Crippen LogP contribution < -0.4 is 9.47 Å². The summed E-state index contributed by atoms with van der Waals surface area (Å²) in [5, 5.41) is 5.22. The number of allylic oxidation sites excluding steroid dienone is 1. The van der Waals surface area contributed by atoms with Crippen molar-refractivity contribution in [1.82, 2.24) is 0 Å². The quantitative estimate of drug-likeness (QED) is 0.433. The molecule has 8 aliphatic rings. The Kier molecular flexibility index (Phi) is 7.73. The summed E-state index contributed by atoms with van der Waals surface area (Å²) in [4.78, 5) is 2.59. The van der Waals surface area contributed by atoms with E-state index in [1.807, 2.05) is 35.3 Å². The summed E-state index contributed by atoms with van der Waals surface area (Å²) in [5.74, 6) is 3.81. The summed E-state index contributed by atoms with van der Waals surface area (Å²) in [5.41, 5.74) is 1.37. The minimum absolute atomic E-state index is 0.0174. The fourth-order valence-electron chi connectivity index (χ4n) is 7.92. The van der Waals surface area contributed by atoms with E-state index in [0.717, 1.165) is 23.0 Å². The molecule has 11 atom stereocenters. The van der Waals surface area contributed by atoms with Crippen molar-refractivity contribution >= 4 is 64.0 Å². The molecular weight excluding hydrogens is 649 g/mol. The summed E-state index contributed by atoms with van der Waals surface area (Å²) in [6, 6.07) is 0. The third kappa shape index (κ3) is 4.61. The van der Waals surface area contributed by atoms with Crippen LogP contribution in [0, 0.1) is 5.92 Å². The number of fused-ring (bicyclic) bond motifs is 4. The number of hydrogen-bond donors (Lipinski definition) is 0. The molecule has 9 rings (SSSR count). The van der Waals surface area contributed by atoms with Gasteiger partial charge in [-0.1, -0.05) is 6.92 Å². The molecule has 1 aromatic rings. The first-order valence-corrected chi connectivity index (χ1v) is 19.9. The number of ether oxygens (including phenoxy) is 8. The summed E-state index contributed by atoms with van der Waals surface area (Å²) in [7, 11) is 0. The lowest BCUT2D eigenvalue weighted by molar-refractivity contribution is -0.136. The highest BCUT2D eigenvalue weighted by Crippen LogP contribution is 2.66. The molecule has 1 aromatic heterocycles. The summed E-state index contributed by atoms with van der Waals surface area (Å²) in [6.07, 6.45) is 0.170. The first-order chi connectivity index (χ1) is 21.1. The van der Waals surface area contributed by atoms with Crippen LogP contribution in [0.25, 0.3) is 5.57 Å². The van der Waals surface area contributed by atoms with Crippen molar-refractivity contribution in [1.29, 1.82) is 0 Å². The van der Waals surface area contributed by atoms with Gasteiger partial charge in [0, 0.05) is 37.9 Å². The summed E-state index contributed by atoms with van der Waals surface area (Å²) < 4.78 is 50.7. The Balaban J connectivity index is 1.21. The normalized spacial score (nSPS) is 45.4. The van der Waals surface area contributed by atoms with Crippen molar-refractivity contribution in [2.24, 2.45) is 5.92 Å². The predicted molar refractivity (Wildman–Crippen MR) is 173 cm³/mol. The number of thiophene rings is 1. The Morgan fingerprint density at radius 3 is 2.58 bits per heavy atom. The smallest absolute Gasteiger partial charge is 0.179 e. The van der Waals surface area contributed by atoms with Gasteiger partial charge in [0.05, 0.1) is 65.4 Å². The van der Waals surface area contributed by atoms with Crippen molar-refractivity contribution in [2.45, 2.75) is 70.1 Å². The van der Waals surface area contributed by atoms with E-state index in [-0.39, 0.29) is 56.9 Å². The zero-order valence-electron chi connectivity index (χ0n) is 24.1. The van der Waals surface area contributed by atoms with Crippen LogP contribution in [0.4, 0.5) is 0 Å². The Labute approximate surface area is 273 Å². The predicted octanol–water partition coefficient (Wildman–Crippen LogP) is 4.91. The average Bonchev–Trinajstić information content (AvgIpc) is 3.86. The van der Waals surface area contributed by atoms with Gasteiger partial charge in [-0.05, 0) is 12.5 Å². The molecule has 0 aromatic carbocycles. The number of hydrogen-bond acceptors (Lipinski definition) is 13. The van der Waals surface area contributed by atoms with Gasteiger partial charge in [0.1, 0.15) is 43.9 Å². The lowest BCUT2D eigenvalue weighted by Gasteiger charge is -2.44. The van der Waals surface area contributed by atoms with Crippen molar-refractivity contribution in [3.63, 3.8) is 0 Å². The molecule has 43 heavy (non-hydrogen) atoms. The number of thioether (sulfide) groups is 4. The molecule has 8 nitrogen and oxygen atoms in total. The molecule has 9 heterocycles. The van der Waals surface area contributed by atoms with Crippen molar-refractivity contribution in [3.8, 4) is 11.5 Å². The topological polar surface area (TPSA) is 73.8 Å². The maximum absolute atomic E-state index is 6.58. The van der Waals surface area contributed by atoms with E-state index in [1.54, 1.807) is 11.3 Å². The van der Waals surface area contributed by atoms with Gasteiger partial charge in [-0.25, -0.2) is 0 Å². The lowest BCUT2D eigenvalue weighted by atomic mass is 9.79. The van der Waals surface area contributed by atoms with Crippen LogP contribution in [0.2, 0.25) is 0 Å². The van der Waals surface area contributed by atoms with E-state index in [0.29, 0.717) is 58.1 Å². The van der Waals surface area contributed by atoms with Gasteiger partial charge < -0.3 is 37.9 Å². The Morgan fingerprint density at radius 2 is 1.65 bits per heavy atom. The fraction of sp³-hybridized carbons (Fsp3) is 0.733. The molecule has 0 N–H and O–H groups in total. The van der Waals surface area contributed by atoms with Crippen molar-refractivity contribution in [2.75, 3.05) is 58.6 Å². The van der Waals surface area contributed by atoms with Gasteiger partial charge in [0.2, 0.25) is 0 Å². The van der Waals surface area contributed by atoms with E-state index in [9.17, 15) is 0 Å². The Bertz CT molecular complexity index is 1320. The zero-order valence-corrected chi connectivity index (χ0v) is 28.2. The van der Waals surface area contributed by atoms with Crippen molar-refractivity contribution in [3.05, 3.63) is 26.3 Å². The van der Waals surface area contributed by atoms with Crippen LogP contribution in [0.5, 0.6) is 11.5 Å². The van der Waals surface area contributed by atoms with Crippen LogP contribution in [0.15, 0.2) is 21.5 Å². The second-order valence-electron chi connectivity index (χ2n) is 12.2. The maximum atomic E-state index is 6.58. The highest BCUT2D eigenvalue weighted by Gasteiger charge is 2.63. The molecule has 0 aliphatic carbocycles. The Morgan fingerprint density at radius 1 is 0.860 bits per heavy atom. The third-order valence-corrected chi connectivity index (χ3v) is 17.2. The first-order valence-electron chi connectivity index (χ1n) is 15.3. The SMILES string of the molecule is CC1SC(C2=C(c3scc4c3OCCO4)C(C3SC=C4OCCOC43)C(C3(C)SCC4OCCOC43)S2)C2OCCOC12. The van der Waals surface area contributed by atoms with E-state index in [1.165, 1.54) is 15.4 Å². The van der Waals surface area contributed by atoms with Gasteiger partial charge in [0.15, 0.2) is 11.5 Å². The van der Waals surface area contributed by atoms with Gasteiger partial charge in [-0.2, -0.15) is 0 Å². The van der Waals surface area contributed by atoms with Gasteiger partial charge in [0.25, 0.3) is 0 Å². The minimum atomic E-state index is -0.168. The molecule has 8 aliphatic heterocycles. The molecule has 13 heteroatoms. The molecule has 11 unspecified atom stereocenters. The van der Waals surface area contributed by atoms with Crippen LogP contribution in [-0.2, 0) is 28.4 Å². The molecule has 0 bridgehead atoms. The maximum Gasteiger partial charge on any atom is 0.179 e. The highest BCUT2D eigenvalue weighted by atomic mass is 32.2. The minimum Gasteiger partial charge on any atom is -0.492 e. The molecule has 0 amide bonds. The van der Waals surface area contributed by atoms with Gasteiger partial charge in [-0.15, -0.1) is 58.4 Å². The standard InChI is InChI=1S/C30H36O8S5/c1-14-20-23(37-9-8-34-20)27(42-14)26-18(24-21-15(11-39-24)31-3-6-35-21)19(25-22-16(12-40-25)32-4-7-36-22)29(43-26)30(2)28-17(13-41-30)33-5-10-38-28/h11-12,14,17,19-20,22-23,25,27-29H,3-10,13H2,1-2H3. The lowest BCUT2D eigenvalue weighted by Crippen LogP contribution is -2.54. The summed E-state index contributed by atoms with van der Waals surface area (Å²) in [6.45, 7) is 9.68. The molecular formula is C30H36O8S5. The highest BCUT2D eigenvalue weighted by molar-refractivity contribution is 8.09. The summed E-state index contributed by atoms with van der Waals surface area (Å²) >= 11 is 9.70. The van der Waals surface area contributed by atoms with Crippen LogP contribution in [0.3, 0.4) is 0 Å². The van der Waals surface area contributed by atoms with E-state index in [4.69, 9.17) is 37.9 Å². The largest absolute Gasteiger partial charge is 0.492 e. The van der Waals surface area contributed by atoms with E-state index < -0.39 is 0 Å². The molecule has 0 saturated carbocycles. The third-order valence-electron chi connectivity index (χ3n) is 9.80. The monoisotopic (exact) mass is 684 g/mol.